The van der Waals surface area contributed by atoms with E-state index in [1.165, 1.54) is 18.2 Å². The summed E-state index contributed by atoms with van der Waals surface area (Å²) in [6.07, 6.45) is 1.57. The Bertz CT molecular complexity index is 1000. The van der Waals surface area contributed by atoms with Crippen LogP contribution in [0.3, 0.4) is 0 Å². The van der Waals surface area contributed by atoms with E-state index in [0.717, 1.165) is 5.56 Å². The number of H-pyrrole nitrogens is 1. The highest BCUT2D eigenvalue weighted by atomic mass is 35.5. The van der Waals surface area contributed by atoms with Crippen LogP contribution in [0, 0.1) is 18.6 Å². The second-order valence-electron chi connectivity index (χ2n) is 6.83. The Balaban J connectivity index is 1.78. The van der Waals surface area contributed by atoms with Gasteiger partial charge in [0.1, 0.15) is 22.5 Å². The summed E-state index contributed by atoms with van der Waals surface area (Å²) in [5.41, 5.74) is 1.97. The van der Waals surface area contributed by atoms with Gasteiger partial charge in [-0.15, -0.1) is 0 Å². The summed E-state index contributed by atoms with van der Waals surface area (Å²) in [5, 5.41) is 3.70. The molecular formula is C20H18ClF2N3OS. The lowest BCUT2D eigenvalue weighted by Crippen LogP contribution is -2.49. The molecule has 1 saturated heterocycles. The van der Waals surface area contributed by atoms with Crippen molar-refractivity contribution in [2.24, 2.45) is 0 Å². The van der Waals surface area contributed by atoms with E-state index in [1.807, 2.05) is 0 Å². The molecule has 1 aliphatic heterocycles. The monoisotopic (exact) mass is 421 g/mol. The summed E-state index contributed by atoms with van der Waals surface area (Å²) in [6.45, 7) is 3.09. The highest BCUT2D eigenvalue weighted by Gasteiger charge is 2.28. The standard InChI is InChI=1S/C20H18ClF2N3OS/c1-11-6-12(2-4-16(11)22)19(13-3-5-17(23)15(21)7-13)20-25-10-18(26-20)28(27)14-8-24-9-14/h2-7,10,14,19,24H,8-9H2,1H3,(H,25,26). The van der Waals surface area contributed by atoms with Crippen molar-refractivity contribution >= 4 is 22.4 Å². The minimum Gasteiger partial charge on any atom is -0.334 e. The molecule has 0 saturated carbocycles. The number of aromatic nitrogens is 2. The maximum Gasteiger partial charge on any atom is 0.141 e. The third kappa shape index (κ3) is 3.62. The van der Waals surface area contributed by atoms with Crippen LogP contribution < -0.4 is 5.32 Å². The number of aromatic amines is 1. The molecule has 4 rings (SSSR count). The summed E-state index contributed by atoms with van der Waals surface area (Å²) in [5.74, 6) is -0.705. The van der Waals surface area contributed by atoms with E-state index in [9.17, 15) is 13.0 Å². The molecule has 2 unspecified atom stereocenters. The maximum absolute atomic E-state index is 13.8. The second kappa shape index (κ2) is 7.73. The van der Waals surface area contributed by atoms with Crippen molar-refractivity contribution in [3.05, 3.63) is 81.8 Å². The fourth-order valence-electron chi connectivity index (χ4n) is 3.21. The van der Waals surface area contributed by atoms with E-state index in [2.05, 4.69) is 15.3 Å². The number of imidazole rings is 1. The molecule has 8 heteroatoms. The van der Waals surface area contributed by atoms with Crippen LogP contribution in [0.15, 0.2) is 47.6 Å². The SMILES string of the molecule is Cc1cc(C(c2ccc(F)c(Cl)c2)c2ncc(S(=O)C3CNC3)[nH]2)ccc1F. The van der Waals surface area contributed by atoms with Gasteiger partial charge < -0.3 is 10.3 Å². The number of nitrogens with zero attached hydrogens (tertiary/aromatic N) is 1. The Labute approximate surface area is 168 Å². The molecule has 2 N–H and O–H groups in total. The number of aryl methyl sites for hydroxylation is 1. The zero-order valence-electron chi connectivity index (χ0n) is 15.0. The maximum atomic E-state index is 13.8. The highest BCUT2D eigenvalue weighted by molar-refractivity contribution is 7.85. The van der Waals surface area contributed by atoms with Crippen molar-refractivity contribution in [2.45, 2.75) is 23.1 Å². The second-order valence-corrected chi connectivity index (χ2v) is 8.93. The molecule has 2 aromatic carbocycles. The molecule has 0 spiro atoms. The summed E-state index contributed by atoms with van der Waals surface area (Å²) >= 11 is 5.99. The van der Waals surface area contributed by atoms with Crippen LogP contribution in [-0.2, 0) is 10.8 Å². The van der Waals surface area contributed by atoms with Gasteiger partial charge in [-0.25, -0.2) is 13.8 Å². The van der Waals surface area contributed by atoms with E-state index >= 15 is 0 Å². The summed E-state index contributed by atoms with van der Waals surface area (Å²) in [7, 11) is -1.19. The van der Waals surface area contributed by atoms with Crippen LogP contribution in [0.2, 0.25) is 5.02 Å². The fraction of sp³-hybridized carbons (Fsp3) is 0.250. The number of hydrogen-bond acceptors (Lipinski definition) is 3. The van der Waals surface area contributed by atoms with Crippen molar-refractivity contribution in [3.8, 4) is 0 Å². The van der Waals surface area contributed by atoms with Gasteiger partial charge in [0.25, 0.3) is 0 Å². The first-order chi connectivity index (χ1) is 13.4. The molecule has 28 heavy (non-hydrogen) atoms. The zero-order valence-corrected chi connectivity index (χ0v) is 16.6. The van der Waals surface area contributed by atoms with Gasteiger partial charge in [-0.2, -0.15) is 0 Å². The molecule has 1 fully saturated rings. The number of hydrogen-bond donors (Lipinski definition) is 2. The van der Waals surface area contributed by atoms with Gasteiger partial charge in [-0.05, 0) is 41.8 Å². The molecule has 1 aliphatic rings. The van der Waals surface area contributed by atoms with Crippen molar-refractivity contribution in [3.63, 3.8) is 0 Å². The largest absolute Gasteiger partial charge is 0.334 e. The Morgan fingerprint density at radius 1 is 1.14 bits per heavy atom. The number of nitrogens with one attached hydrogen (secondary N) is 2. The van der Waals surface area contributed by atoms with Crippen molar-refractivity contribution in [1.29, 1.82) is 0 Å². The summed E-state index contributed by atoms with van der Waals surface area (Å²) in [6, 6.07) is 9.24. The molecule has 0 aliphatic carbocycles. The molecule has 0 amide bonds. The third-order valence-electron chi connectivity index (χ3n) is 4.90. The first kappa shape index (κ1) is 19.2. The first-order valence-corrected chi connectivity index (χ1v) is 10.4. The van der Waals surface area contributed by atoms with E-state index in [1.54, 1.807) is 31.3 Å². The smallest absolute Gasteiger partial charge is 0.141 e. The van der Waals surface area contributed by atoms with E-state index < -0.39 is 22.5 Å². The van der Waals surface area contributed by atoms with Crippen LogP contribution in [0.5, 0.6) is 0 Å². The fourth-order valence-corrected chi connectivity index (χ4v) is 4.66. The minimum atomic E-state index is -1.19. The average molecular weight is 422 g/mol. The first-order valence-electron chi connectivity index (χ1n) is 8.81. The number of benzene rings is 2. The Hall–Kier alpha value is -2.09. The molecule has 4 nitrogen and oxygen atoms in total. The predicted molar refractivity (Wildman–Crippen MR) is 105 cm³/mol. The molecule has 2 atom stereocenters. The average Bonchev–Trinajstić information content (AvgIpc) is 3.09. The van der Waals surface area contributed by atoms with Crippen LogP contribution in [0.4, 0.5) is 8.78 Å². The lowest BCUT2D eigenvalue weighted by Gasteiger charge is -2.25. The Morgan fingerprint density at radius 3 is 2.43 bits per heavy atom. The quantitative estimate of drug-likeness (QED) is 0.656. The van der Waals surface area contributed by atoms with Gasteiger partial charge in [-0.1, -0.05) is 29.8 Å². The van der Waals surface area contributed by atoms with Crippen molar-refractivity contribution in [1.82, 2.24) is 15.3 Å². The van der Waals surface area contributed by atoms with E-state index in [0.29, 0.717) is 35.1 Å². The van der Waals surface area contributed by atoms with Gasteiger partial charge in [0, 0.05) is 13.1 Å². The molecule has 146 valence electrons. The highest BCUT2D eigenvalue weighted by Crippen LogP contribution is 2.33. The molecule has 0 radical (unpaired) electrons. The van der Waals surface area contributed by atoms with Crippen LogP contribution in [0.25, 0.3) is 0 Å². The molecule has 2 heterocycles. The summed E-state index contributed by atoms with van der Waals surface area (Å²) in [4.78, 5) is 7.59. The minimum absolute atomic E-state index is 0.00256. The van der Waals surface area contributed by atoms with Gasteiger partial charge in [-0.3, -0.25) is 4.21 Å². The van der Waals surface area contributed by atoms with Gasteiger partial charge in [0.05, 0.1) is 33.2 Å². The van der Waals surface area contributed by atoms with Crippen molar-refractivity contribution < 1.29 is 13.0 Å². The van der Waals surface area contributed by atoms with Gasteiger partial charge in [0.2, 0.25) is 0 Å². The zero-order chi connectivity index (χ0) is 19.8. The normalized spacial score (nSPS) is 16.6. The lowest BCUT2D eigenvalue weighted by atomic mass is 9.89. The van der Waals surface area contributed by atoms with E-state index in [-0.39, 0.29) is 16.1 Å². The molecule has 0 bridgehead atoms. The van der Waals surface area contributed by atoms with Crippen LogP contribution in [0.1, 0.15) is 28.4 Å². The van der Waals surface area contributed by atoms with Crippen LogP contribution >= 0.6 is 11.6 Å². The van der Waals surface area contributed by atoms with Gasteiger partial charge >= 0.3 is 0 Å². The topological polar surface area (TPSA) is 57.8 Å². The summed E-state index contributed by atoms with van der Waals surface area (Å²) < 4.78 is 40.1. The molecule has 3 aromatic rings. The molecule has 1 aromatic heterocycles. The Kier molecular flexibility index (Phi) is 5.31. The Morgan fingerprint density at radius 2 is 1.82 bits per heavy atom. The number of halogens is 3. The predicted octanol–water partition coefficient (Wildman–Crippen LogP) is 3.91. The lowest BCUT2D eigenvalue weighted by molar-refractivity contribution is 0.525. The van der Waals surface area contributed by atoms with Crippen molar-refractivity contribution in [2.75, 3.05) is 13.1 Å². The number of rotatable bonds is 5. The van der Waals surface area contributed by atoms with Gasteiger partial charge in [0.15, 0.2) is 0 Å². The molecular weight excluding hydrogens is 404 g/mol. The third-order valence-corrected chi connectivity index (χ3v) is 6.77. The van der Waals surface area contributed by atoms with E-state index in [4.69, 9.17) is 11.6 Å². The van der Waals surface area contributed by atoms with Crippen LogP contribution in [-0.4, -0.2) is 32.5 Å².